The first-order chi connectivity index (χ1) is 7.65. The molecule has 0 N–H and O–H groups in total. The first kappa shape index (κ1) is 11.4. The highest BCUT2D eigenvalue weighted by Crippen LogP contribution is 2.22. The van der Waals surface area contributed by atoms with Gasteiger partial charge in [-0.1, -0.05) is 23.2 Å². The molecular weight excluding hydrogens is 269 g/mol. The van der Waals surface area contributed by atoms with Crippen LogP contribution >= 0.6 is 34.7 Å². The standard InChI is InChI=1S/C10H5Cl2NO2S/c11-7-2-3-8(12)6(5-7)1-4-9-13-16-10(14)15-9/h1-5H/b4-1+. The Labute approximate surface area is 105 Å². The highest BCUT2D eigenvalue weighted by Gasteiger charge is 1.99. The monoisotopic (exact) mass is 273 g/mol. The lowest BCUT2D eigenvalue weighted by Crippen LogP contribution is -1.81. The van der Waals surface area contributed by atoms with Gasteiger partial charge in [-0.3, -0.25) is 0 Å². The molecule has 0 atom stereocenters. The van der Waals surface area contributed by atoms with E-state index in [2.05, 4.69) is 4.37 Å². The fourth-order valence-corrected chi connectivity index (χ4v) is 1.82. The van der Waals surface area contributed by atoms with Gasteiger partial charge in [-0.2, -0.15) is 0 Å². The van der Waals surface area contributed by atoms with Crippen LogP contribution in [0.4, 0.5) is 0 Å². The third-order valence-corrected chi connectivity index (χ3v) is 2.84. The quantitative estimate of drug-likeness (QED) is 0.840. The van der Waals surface area contributed by atoms with Crippen LogP contribution in [0.15, 0.2) is 27.4 Å². The maximum atomic E-state index is 10.7. The molecular formula is C10H5Cl2NO2S. The summed E-state index contributed by atoms with van der Waals surface area (Å²) in [6, 6.07) is 5.11. The summed E-state index contributed by atoms with van der Waals surface area (Å²) in [4.78, 5) is 10.3. The van der Waals surface area contributed by atoms with E-state index in [1.54, 1.807) is 30.4 Å². The second-order valence-corrected chi connectivity index (χ2v) is 4.41. The highest BCUT2D eigenvalue weighted by atomic mass is 35.5. The number of nitrogens with zero attached hydrogens (tertiary/aromatic N) is 1. The Bertz CT molecular complexity index is 589. The van der Waals surface area contributed by atoms with E-state index >= 15 is 0 Å². The largest absolute Gasteiger partial charge is 0.414 e. The van der Waals surface area contributed by atoms with Crippen molar-refractivity contribution in [3.63, 3.8) is 0 Å². The zero-order valence-corrected chi connectivity index (χ0v) is 10.1. The van der Waals surface area contributed by atoms with Gasteiger partial charge >= 0.3 is 4.94 Å². The van der Waals surface area contributed by atoms with Gasteiger partial charge in [0.15, 0.2) is 0 Å². The van der Waals surface area contributed by atoms with E-state index in [9.17, 15) is 4.79 Å². The van der Waals surface area contributed by atoms with E-state index < -0.39 is 4.94 Å². The molecule has 1 aromatic carbocycles. The van der Waals surface area contributed by atoms with E-state index in [0.717, 1.165) is 17.1 Å². The molecule has 0 unspecified atom stereocenters. The normalized spacial score (nSPS) is 11.1. The lowest BCUT2D eigenvalue weighted by Gasteiger charge is -1.97. The van der Waals surface area contributed by atoms with Gasteiger partial charge in [-0.15, -0.1) is 4.37 Å². The lowest BCUT2D eigenvalue weighted by molar-refractivity contribution is 0.516. The van der Waals surface area contributed by atoms with Gasteiger partial charge in [0.25, 0.3) is 0 Å². The molecule has 0 saturated heterocycles. The maximum Gasteiger partial charge on any atom is 0.414 e. The number of hydrogen-bond acceptors (Lipinski definition) is 4. The van der Waals surface area contributed by atoms with Crippen LogP contribution in [0.25, 0.3) is 12.2 Å². The second kappa shape index (κ2) is 4.82. The van der Waals surface area contributed by atoms with Crippen molar-refractivity contribution < 1.29 is 4.42 Å². The summed E-state index contributed by atoms with van der Waals surface area (Å²) in [7, 11) is 0. The fourth-order valence-electron chi connectivity index (χ4n) is 1.07. The third kappa shape index (κ3) is 2.72. The first-order valence-corrected chi connectivity index (χ1v) is 5.78. The van der Waals surface area contributed by atoms with Crippen LogP contribution in [-0.2, 0) is 0 Å². The average molecular weight is 274 g/mol. The Morgan fingerprint density at radius 1 is 1.31 bits per heavy atom. The van der Waals surface area contributed by atoms with Gasteiger partial charge < -0.3 is 4.42 Å². The molecule has 0 aliphatic rings. The average Bonchev–Trinajstić information content (AvgIpc) is 2.66. The van der Waals surface area contributed by atoms with Crippen molar-refractivity contribution in [3.05, 3.63) is 49.4 Å². The van der Waals surface area contributed by atoms with Crippen LogP contribution in [0.3, 0.4) is 0 Å². The molecule has 6 heteroatoms. The van der Waals surface area contributed by atoms with Crippen molar-refractivity contribution in [2.45, 2.75) is 0 Å². The minimum absolute atomic E-state index is 0.256. The topological polar surface area (TPSA) is 43.1 Å². The van der Waals surface area contributed by atoms with Gasteiger partial charge in [0, 0.05) is 16.1 Å². The minimum Gasteiger partial charge on any atom is -0.395 e. The molecule has 0 spiro atoms. The predicted octanol–water partition coefficient (Wildman–Crippen LogP) is 3.57. The summed E-state index contributed by atoms with van der Waals surface area (Å²) in [5, 5.41) is 1.15. The summed E-state index contributed by atoms with van der Waals surface area (Å²) >= 11 is 12.5. The summed E-state index contributed by atoms with van der Waals surface area (Å²) in [5.41, 5.74) is 0.741. The van der Waals surface area contributed by atoms with Crippen molar-refractivity contribution >= 4 is 46.9 Å². The molecule has 0 fully saturated rings. The number of hydrogen-bond donors (Lipinski definition) is 0. The van der Waals surface area contributed by atoms with Crippen molar-refractivity contribution in [1.82, 2.24) is 4.37 Å². The predicted molar refractivity (Wildman–Crippen MR) is 66.0 cm³/mol. The molecule has 16 heavy (non-hydrogen) atoms. The minimum atomic E-state index is -0.433. The van der Waals surface area contributed by atoms with Crippen molar-refractivity contribution in [3.8, 4) is 0 Å². The van der Waals surface area contributed by atoms with E-state index in [4.69, 9.17) is 27.6 Å². The third-order valence-electron chi connectivity index (χ3n) is 1.76. The van der Waals surface area contributed by atoms with Gasteiger partial charge in [-0.05, 0) is 29.8 Å². The molecule has 82 valence electrons. The number of halogens is 2. The van der Waals surface area contributed by atoms with Crippen LogP contribution in [0.2, 0.25) is 10.0 Å². The van der Waals surface area contributed by atoms with E-state index in [-0.39, 0.29) is 5.89 Å². The van der Waals surface area contributed by atoms with Crippen LogP contribution in [0.1, 0.15) is 11.5 Å². The zero-order chi connectivity index (χ0) is 11.5. The Morgan fingerprint density at radius 2 is 2.12 bits per heavy atom. The molecule has 3 nitrogen and oxygen atoms in total. The number of rotatable bonds is 2. The molecule has 0 aliphatic carbocycles. The Kier molecular flexibility index (Phi) is 3.43. The van der Waals surface area contributed by atoms with Crippen LogP contribution in [0.5, 0.6) is 0 Å². The summed E-state index contributed by atoms with van der Waals surface area (Å²) in [6.45, 7) is 0. The fraction of sp³-hybridized carbons (Fsp3) is 0. The summed E-state index contributed by atoms with van der Waals surface area (Å²) < 4.78 is 8.55. The van der Waals surface area contributed by atoms with Crippen molar-refractivity contribution in [2.24, 2.45) is 0 Å². The smallest absolute Gasteiger partial charge is 0.395 e. The Morgan fingerprint density at radius 3 is 2.81 bits per heavy atom. The van der Waals surface area contributed by atoms with Gasteiger partial charge in [-0.25, -0.2) is 4.79 Å². The molecule has 2 aromatic rings. The molecule has 1 aromatic heterocycles. The molecule has 0 amide bonds. The first-order valence-electron chi connectivity index (χ1n) is 4.25. The maximum absolute atomic E-state index is 10.7. The highest BCUT2D eigenvalue weighted by molar-refractivity contribution is 7.02. The van der Waals surface area contributed by atoms with Crippen LogP contribution in [0, 0.1) is 0 Å². The molecule has 0 saturated carbocycles. The van der Waals surface area contributed by atoms with Crippen LogP contribution < -0.4 is 4.94 Å². The van der Waals surface area contributed by atoms with Crippen molar-refractivity contribution in [1.29, 1.82) is 0 Å². The second-order valence-electron chi connectivity index (χ2n) is 2.87. The number of benzene rings is 1. The SMILES string of the molecule is O=c1oc(/C=C/c2cc(Cl)ccc2Cl)ns1. The molecule has 1 heterocycles. The van der Waals surface area contributed by atoms with Gasteiger partial charge in [0.05, 0.1) is 11.5 Å². The van der Waals surface area contributed by atoms with E-state index in [0.29, 0.717) is 10.0 Å². The van der Waals surface area contributed by atoms with Crippen LogP contribution in [-0.4, -0.2) is 4.37 Å². The molecule has 2 rings (SSSR count). The molecule has 0 radical (unpaired) electrons. The summed E-state index contributed by atoms with van der Waals surface area (Å²) in [6.07, 6.45) is 3.25. The zero-order valence-electron chi connectivity index (χ0n) is 7.81. The lowest BCUT2D eigenvalue weighted by atomic mass is 10.2. The Balaban J connectivity index is 2.29. The Hall–Kier alpha value is -1.10. The van der Waals surface area contributed by atoms with E-state index in [1.165, 1.54) is 0 Å². The number of aromatic nitrogens is 1. The molecule has 0 bridgehead atoms. The van der Waals surface area contributed by atoms with Crippen molar-refractivity contribution in [2.75, 3.05) is 0 Å². The van der Waals surface area contributed by atoms with E-state index in [1.807, 2.05) is 0 Å². The van der Waals surface area contributed by atoms with Gasteiger partial charge in [0.2, 0.25) is 5.89 Å². The summed E-state index contributed by atoms with van der Waals surface area (Å²) in [5.74, 6) is 0.256. The van der Waals surface area contributed by atoms with Gasteiger partial charge in [0.1, 0.15) is 0 Å². The molecule has 0 aliphatic heterocycles.